The summed E-state index contributed by atoms with van der Waals surface area (Å²) >= 11 is 0. The van der Waals surface area contributed by atoms with Gasteiger partial charge in [-0.1, -0.05) is 18.2 Å². The zero-order valence-corrected chi connectivity index (χ0v) is 11.9. The molecule has 0 aromatic heterocycles. The molecule has 1 aromatic rings. The van der Waals surface area contributed by atoms with Crippen molar-refractivity contribution in [2.24, 2.45) is 0 Å². The molecule has 0 saturated carbocycles. The number of hydrogen-bond donors (Lipinski definition) is 1. The van der Waals surface area contributed by atoms with Gasteiger partial charge in [0.1, 0.15) is 0 Å². The summed E-state index contributed by atoms with van der Waals surface area (Å²) in [4.78, 5) is 2.34. The Morgan fingerprint density at radius 2 is 2.00 bits per heavy atom. The first-order valence-electron chi connectivity index (χ1n) is 7.00. The number of rotatable bonds is 4. The summed E-state index contributed by atoms with van der Waals surface area (Å²) in [6.07, 6.45) is -3.29. The first-order valence-corrected chi connectivity index (χ1v) is 7.00. The second-order valence-electron chi connectivity index (χ2n) is 5.61. The van der Waals surface area contributed by atoms with Crippen LogP contribution in [0.4, 0.5) is 13.2 Å². The molecule has 1 aliphatic heterocycles. The van der Waals surface area contributed by atoms with Gasteiger partial charge in [-0.25, -0.2) is 0 Å². The summed E-state index contributed by atoms with van der Waals surface area (Å²) in [7, 11) is 0. The Morgan fingerprint density at radius 3 is 2.60 bits per heavy atom. The molecule has 2 nitrogen and oxygen atoms in total. The summed E-state index contributed by atoms with van der Waals surface area (Å²) in [5.74, 6) is 0. The lowest BCUT2D eigenvalue weighted by Crippen LogP contribution is -2.35. The smallest absolute Gasteiger partial charge is 0.309 e. The average molecular weight is 286 g/mol. The topological polar surface area (TPSA) is 15.3 Å². The normalized spacial score (nSPS) is 20.8. The molecule has 0 radical (unpaired) electrons. The van der Waals surface area contributed by atoms with E-state index in [0.717, 1.165) is 25.6 Å². The van der Waals surface area contributed by atoms with Gasteiger partial charge in [0, 0.05) is 25.2 Å². The molecule has 0 amide bonds. The van der Waals surface area contributed by atoms with E-state index in [-0.39, 0.29) is 12.6 Å². The highest BCUT2D eigenvalue weighted by Crippen LogP contribution is 2.31. The minimum Gasteiger partial charge on any atom is -0.309 e. The van der Waals surface area contributed by atoms with Gasteiger partial charge in [-0.2, -0.15) is 13.2 Å². The molecular weight excluding hydrogens is 265 g/mol. The first-order chi connectivity index (χ1) is 9.38. The molecule has 1 aromatic carbocycles. The van der Waals surface area contributed by atoms with E-state index in [0.29, 0.717) is 11.6 Å². The number of likely N-dealkylation sites (tertiary alicyclic amines) is 1. The van der Waals surface area contributed by atoms with Crippen LogP contribution in [0, 0.1) is 0 Å². The van der Waals surface area contributed by atoms with Crippen molar-refractivity contribution in [2.45, 2.75) is 45.1 Å². The maximum atomic E-state index is 12.9. The molecule has 0 bridgehead atoms. The molecule has 5 heteroatoms. The third-order valence-corrected chi connectivity index (χ3v) is 3.85. The van der Waals surface area contributed by atoms with Gasteiger partial charge in [0.05, 0.1) is 5.56 Å². The van der Waals surface area contributed by atoms with Crippen LogP contribution in [0.2, 0.25) is 0 Å². The first kappa shape index (κ1) is 15.3. The molecule has 1 unspecified atom stereocenters. The Balaban J connectivity index is 1.95. The van der Waals surface area contributed by atoms with Crippen LogP contribution < -0.4 is 5.32 Å². The molecular formula is C15H21F3N2. The van der Waals surface area contributed by atoms with E-state index < -0.39 is 11.7 Å². The molecule has 1 fully saturated rings. The summed E-state index contributed by atoms with van der Waals surface area (Å²) < 4.78 is 38.6. The Labute approximate surface area is 118 Å². The highest BCUT2D eigenvalue weighted by molar-refractivity contribution is 5.29. The van der Waals surface area contributed by atoms with Crippen molar-refractivity contribution in [1.82, 2.24) is 10.2 Å². The van der Waals surface area contributed by atoms with Crippen LogP contribution in [0.5, 0.6) is 0 Å². The van der Waals surface area contributed by atoms with E-state index in [1.54, 1.807) is 12.1 Å². The quantitative estimate of drug-likeness (QED) is 0.914. The maximum absolute atomic E-state index is 12.9. The summed E-state index contributed by atoms with van der Waals surface area (Å²) in [5.41, 5.74) is -0.214. The minimum atomic E-state index is -4.28. The largest absolute Gasteiger partial charge is 0.416 e. The molecule has 2 rings (SSSR count). The molecule has 20 heavy (non-hydrogen) atoms. The number of halogens is 3. The predicted molar refractivity (Wildman–Crippen MR) is 73.4 cm³/mol. The Kier molecular flexibility index (Phi) is 4.70. The van der Waals surface area contributed by atoms with Crippen molar-refractivity contribution in [1.29, 1.82) is 0 Å². The third kappa shape index (κ3) is 3.73. The fourth-order valence-electron chi connectivity index (χ4n) is 2.63. The monoisotopic (exact) mass is 286 g/mol. The van der Waals surface area contributed by atoms with Gasteiger partial charge in [0.15, 0.2) is 0 Å². The van der Waals surface area contributed by atoms with Crippen molar-refractivity contribution in [3.05, 3.63) is 35.4 Å². The van der Waals surface area contributed by atoms with Crippen molar-refractivity contribution in [3.8, 4) is 0 Å². The van der Waals surface area contributed by atoms with E-state index in [4.69, 9.17) is 0 Å². The van der Waals surface area contributed by atoms with Crippen LogP contribution in [0.3, 0.4) is 0 Å². The second kappa shape index (κ2) is 6.14. The van der Waals surface area contributed by atoms with Gasteiger partial charge >= 0.3 is 6.18 Å². The average Bonchev–Trinajstić information content (AvgIpc) is 2.84. The van der Waals surface area contributed by atoms with Crippen LogP contribution in [0.1, 0.15) is 31.4 Å². The van der Waals surface area contributed by atoms with E-state index in [2.05, 4.69) is 24.1 Å². The third-order valence-electron chi connectivity index (χ3n) is 3.85. The summed E-state index contributed by atoms with van der Waals surface area (Å²) in [6.45, 7) is 6.47. The number of alkyl halides is 3. The number of benzene rings is 1. The van der Waals surface area contributed by atoms with E-state index in [1.807, 2.05) is 0 Å². The van der Waals surface area contributed by atoms with Crippen molar-refractivity contribution < 1.29 is 13.2 Å². The number of hydrogen-bond acceptors (Lipinski definition) is 2. The van der Waals surface area contributed by atoms with Gasteiger partial charge in [-0.15, -0.1) is 0 Å². The van der Waals surface area contributed by atoms with Crippen LogP contribution in [-0.4, -0.2) is 30.1 Å². The molecule has 1 aliphatic rings. The number of nitrogens with zero attached hydrogens (tertiary/aromatic N) is 1. The fraction of sp³-hybridized carbons (Fsp3) is 0.600. The summed E-state index contributed by atoms with van der Waals surface area (Å²) in [6, 6.07) is 6.55. The lowest BCUT2D eigenvalue weighted by molar-refractivity contribution is -0.138. The SMILES string of the molecule is CC(C)N1CCC(NCc2ccccc2C(F)(F)F)C1. The number of nitrogens with one attached hydrogen (secondary N) is 1. The van der Waals surface area contributed by atoms with Gasteiger partial charge in [0.25, 0.3) is 0 Å². The van der Waals surface area contributed by atoms with Crippen LogP contribution in [0.15, 0.2) is 24.3 Å². The standard InChI is InChI=1S/C15H21F3N2/c1-11(2)20-8-7-13(10-20)19-9-12-5-3-4-6-14(12)15(16,17)18/h3-6,11,13,19H,7-10H2,1-2H3. The lowest BCUT2D eigenvalue weighted by atomic mass is 10.1. The van der Waals surface area contributed by atoms with Crippen LogP contribution >= 0.6 is 0 Å². The zero-order chi connectivity index (χ0) is 14.8. The van der Waals surface area contributed by atoms with Gasteiger partial charge in [0.2, 0.25) is 0 Å². The minimum absolute atomic E-state index is 0.270. The Morgan fingerprint density at radius 1 is 1.30 bits per heavy atom. The summed E-state index contributed by atoms with van der Waals surface area (Å²) in [5, 5.41) is 3.25. The van der Waals surface area contributed by atoms with E-state index >= 15 is 0 Å². The van der Waals surface area contributed by atoms with Crippen molar-refractivity contribution in [2.75, 3.05) is 13.1 Å². The van der Waals surface area contributed by atoms with Crippen LogP contribution in [-0.2, 0) is 12.7 Å². The molecule has 0 aliphatic carbocycles. The zero-order valence-electron chi connectivity index (χ0n) is 11.9. The molecule has 1 atom stereocenters. The van der Waals surface area contributed by atoms with Gasteiger partial charge < -0.3 is 5.32 Å². The molecule has 0 spiro atoms. The molecule has 1 N–H and O–H groups in total. The van der Waals surface area contributed by atoms with Crippen LogP contribution in [0.25, 0.3) is 0 Å². The van der Waals surface area contributed by atoms with Gasteiger partial charge in [-0.05, 0) is 38.4 Å². The maximum Gasteiger partial charge on any atom is 0.416 e. The highest BCUT2D eigenvalue weighted by atomic mass is 19.4. The Bertz CT molecular complexity index is 443. The van der Waals surface area contributed by atoms with E-state index in [1.165, 1.54) is 6.07 Å². The molecule has 1 heterocycles. The second-order valence-corrected chi connectivity index (χ2v) is 5.61. The molecule has 1 saturated heterocycles. The van der Waals surface area contributed by atoms with Crippen molar-refractivity contribution >= 4 is 0 Å². The fourth-order valence-corrected chi connectivity index (χ4v) is 2.63. The van der Waals surface area contributed by atoms with Gasteiger partial charge in [-0.3, -0.25) is 4.90 Å². The Hall–Kier alpha value is -1.07. The van der Waals surface area contributed by atoms with E-state index in [9.17, 15) is 13.2 Å². The molecule has 112 valence electrons. The lowest BCUT2D eigenvalue weighted by Gasteiger charge is -2.21. The highest BCUT2D eigenvalue weighted by Gasteiger charge is 2.33. The van der Waals surface area contributed by atoms with Crippen molar-refractivity contribution in [3.63, 3.8) is 0 Å². The predicted octanol–water partition coefficient (Wildman–Crippen LogP) is 3.28.